The van der Waals surface area contributed by atoms with E-state index < -0.39 is 19.0 Å². The lowest BCUT2D eigenvalue weighted by Crippen LogP contribution is -2.11. The van der Waals surface area contributed by atoms with Gasteiger partial charge in [-0.2, -0.15) is 4.98 Å². The number of aromatic carboxylic acids is 1. The van der Waals surface area contributed by atoms with Crippen molar-refractivity contribution in [3.05, 3.63) is 17.5 Å². The lowest BCUT2D eigenvalue weighted by molar-refractivity contribution is 0.0679. The summed E-state index contributed by atoms with van der Waals surface area (Å²) in [5.41, 5.74) is 0.0541. The Morgan fingerprint density at radius 3 is 2.80 bits per heavy atom. The van der Waals surface area contributed by atoms with Crippen molar-refractivity contribution in [2.75, 3.05) is 6.61 Å². The number of ether oxygens (including phenoxy) is 1. The second-order valence-corrected chi connectivity index (χ2v) is 2.68. The number of halogens is 2. The van der Waals surface area contributed by atoms with Gasteiger partial charge in [0.05, 0.1) is 0 Å². The third kappa shape index (κ3) is 3.45. The van der Waals surface area contributed by atoms with Crippen molar-refractivity contribution < 1.29 is 23.4 Å². The van der Waals surface area contributed by atoms with E-state index in [1.807, 2.05) is 0 Å². The normalized spacial score (nSPS) is 10.4. The zero-order valence-corrected chi connectivity index (χ0v) is 7.78. The van der Waals surface area contributed by atoms with Crippen molar-refractivity contribution >= 4 is 5.97 Å². The highest BCUT2D eigenvalue weighted by molar-refractivity contribution is 5.85. The smallest absolute Gasteiger partial charge is 0.354 e. The van der Waals surface area contributed by atoms with Gasteiger partial charge in [0.1, 0.15) is 0 Å². The minimum atomic E-state index is -2.65. The molecule has 0 bridgehead atoms. The summed E-state index contributed by atoms with van der Waals surface area (Å²) in [6.45, 7) is 0.659. The summed E-state index contributed by atoms with van der Waals surface area (Å²) in [5.74, 6) is -1.26. The molecule has 1 aromatic rings. The fraction of sp³-hybridized carbons (Fsp3) is 0.375. The fourth-order valence-corrected chi connectivity index (χ4v) is 0.853. The number of aromatic nitrogens is 2. The molecule has 0 aliphatic carbocycles. The maximum atomic E-state index is 11.8. The molecular weight excluding hydrogens is 210 g/mol. The van der Waals surface area contributed by atoms with Gasteiger partial charge in [-0.05, 0) is 13.0 Å². The molecule has 0 aromatic carbocycles. The van der Waals surface area contributed by atoms with E-state index in [2.05, 4.69) is 14.7 Å². The van der Waals surface area contributed by atoms with Gasteiger partial charge in [-0.15, -0.1) is 0 Å². The van der Waals surface area contributed by atoms with E-state index in [1.54, 1.807) is 0 Å². The van der Waals surface area contributed by atoms with Gasteiger partial charge in [0.15, 0.2) is 12.3 Å². The second-order valence-electron chi connectivity index (χ2n) is 2.68. The van der Waals surface area contributed by atoms with E-state index in [0.29, 0.717) is 5.69 Å². The monoisotopic (exact) mass is 218 g/mol. The highest BCUT2D eigenvalue weighted by Gasteiger charge is 2.11. The van der Waals surface area contributed by atoms with Crippen molar-refractivity contribution in [1.82, 2.24) is 9.97 Å². The van der Waals surface area contributed by atoms with Crippen LogP contribution in [0.15, 0.2) is 6.07 Å². The number of alkyl halides is 2. The van der Waals surface area contributed by atoms with E-state index in [4.69, 9.17) is 5.11 Å². The van der Waals surface area contributed by atoms with E-state index in [-0.39, 0.29) is 11.7 Å². The molecule has 0 unspecified atom stereocenters. The Morgan fingerprint density at radius 1 is 1.60 bits per heavy atom. The van der Waals surface area contributed by atoms with Gasteiger partial charge in [-0.25, -0.2) is 18.6 Å². The molecule has 0 radical (unpaired) electrons. The summed E-state index contributed by atoms with van der Waals surface area (Å²) in [4.78, 5) is 17.6. The first kappa shape index (κ1) is 11.3. The van der Waals surface area contributed by atoms with Crippen molar-refractivity contribution in [2.24, 2.45) is 0 Å². The van der Waals surface area contributed by atoms with Crippen LogP contribution in [0, 0.1) is 6.92 Å². The topological polar surface area (TPSA) is 72.3 Å². The molecule has 1 N–H and O–H groups in total. The Hall–Kier alpha value is -1.79. The average molecular weight is 218 g/mol. The van der Waals surface area contributed by atoms with Crippen LogP contribution in [-0.4, -0.2) is 34.1 Å². The first-order valence-electron chi connectivity index (χ1n) is 3.99. The van der Waals surface area contributed by atoms with Crippen LogP contribution in [0.4, 0.5) is 8.78 Å². The largest absolute Gasteiger partial charge is 0.477 e. The van der Waals surface area contributed by atoms with E-state index in [9.17, 15) is 13.6 Å². The molecule has 15 heavy (non-hydrogen) atoms. The summed E-state index contributed by atoms with van der Waals surface area (Å²) < 4.78 is 28.1. The predicted octanol–water partition coefficient (Wildman–Crippen LogP) is 1.13. The van der Waals surface area contributed by atoms with E-state index >= 15 is 0 Å². The maximum Gasteiger partial charge on any atom is 0.354 e. The van der Waals surface area contributed by atoms with Gasteiger partial charge in [0.2, 0.25) is 0 Å². The molecule has 5 nitrogen and oxygen atoms in total. The molecule has 0 aliphatic rings. The minimum Gasteiger partial charge on any atom is -0.477 e. The molecule has 0 aliphatic heterocycles. The van der Waals surface area contributed by atoms with E-state index in [1.165, 1.54) is 13.0 Å². The minimum absolute atomic E-state index is 0.285. The number of hydrogen-bond donors (Lipinski definition) is 1. The third-order valence-electron chi connectivity index (χ3n) is 1.39. The highest BCUT2D eigenvalue weighted by atomic mass is 19.3. The second kappa shape index (κ2) is 4.63. The Labute approximate surface area is 83.7 Å². The number of carbonyl (C=O) groups is 1. The molecule has 7 heteroatoms. The van der Waals surface area contributed by atoms with Crippen LogP contribution < -0.4 is 4.74 Å². The molecule has 0 saturated heterocycles. The first-order valence-corrected chi connectivity index (χ1v) is 3.99. The molecule has 82 valence electrons. The summed E-state index contributed by atoms with van der Waals surface area (Å²) in [6, 6.07) is 0.866. The SMILES string of the molecule is Cc1cc(C(=O)O)nc(OCC(F)F)n1. The molecule has 0 amide bonds. The average Bonchev–Trinajstić information content (AvgIpc) is 2.13. The number of nitrogens with zero attached hydrogens (tertiary/aromatic N) is 2. The number of rotatable bonds is 4. The lowest BCUT2D eigenvalue weighted by atomic mass is 10.3. The lowest BCUT2D eigenvalue weighted by Gasteiger charge is -2.04. The molecule has 0 spiro atoms. The molecule has 1 aromatic heterocycles. The molecule has 0 fully saturated rings. The van der Waals surface area contributed by atoms with Gasteiger partial charge in [-0.1, -0.05) is 0 Å². The van der Waals surface area contributed by atoms with Crippen molar-refractivity contribution in [3.63, 3.8) is 0 Å². The van der Waals surface area contributed by atoms with Gasteiger partial charge >= 0.3 is 12.0 Å². The number of aryl methyl sites for hydroxylation is 1. The molecular formula is C8H8F2N2O3. The Balaban J connectivity index is 2.84. The van der Waals surface area contributed by atoms with Crippen LogP contribution in [0.2, 0.25) is 0 Å². The Morgan fingerprint density at radius 2 is 2.27 bits per heavy atom. The van der Waals surface area contributed by atoms with Crippen molar-refractivity contribution in [3.8, 4) is 6.01 Å². The summed E-state index contributed by atoms with van der Waals surface area (Å²) in [7, 11) is 0. The highest BCUT2D eigenvalue weighted by Crippen LogP contribution is 2.08. The Kier molecular flexibility index (Phi) is 3.48. The quantitative estimate of drug-likeness (QED) is 0.819. The van der Waals surface area contributed by atoms with Crippen LogP contribution in [0.1, 0.15) is 16.2 Å². The van der Waals surface area contributed by atoms with Crippen LogP contribution in [0.25, 0.3) is 0 Å². The molecule has 1 heterocycles. The zero-order valence-electron chi connectivity index (χ0n) is 7.78. The van der Waals surface area contributed by atoms with Gasteiger partial charge in [0.25, 0.3) is 6.43 Å². The molecule has 0 saturated carbocycles. The third-order valence-corrected chi connectivity index (χ3v) is 1.39. The van der Waals surface area contributed by atoms with Crippen molar-refractivity contribution in [1.29, 1.82) is 0 Å². The number of carboxylic acid groups (broad SMARTS) is 1. The van der Waals surface area contributed by atoms with E-state index in [0.717, 1.165) is 0 Å². The zero-order chi connectivity index (χ0) is 11.4. The van der Waals surface area contributed by atoms with Crippen LogP contribution >= 0.6 is 0 Å². The summed E-state index contributed by atoms with van der Waals surface area (Å²) in [6.07, 6.45) is -2.65. The maximum absolute atomic E-state index is 11.8. The van der Waals surface area contributed by atoms with Crippen LogP contribution in [-0.2, 0) is 0 Å². The standard InChI is InChI=1S/C8H8F2N2O3/c1-4-2-5(7(13)14)12-8(11-4)15-3-6(9)10/h2,6H,3H2,1H3,(H,13,14). The number of hydrogen-bond acceptors (Lipinski definition) is 4. The van der Waals surface area contributed by atoms with Crippen molar-refractivity contribution in [2.45, 2.75) is 13.3 Å². The summed E-state index contributed by atoms with van der Waals surface area (Å²) in [5, 5.41) is 8.62. The summed E-state index contributed by atoms with van der Waals surface area (Å²) >= 11 is 0. The number of carboxylic acids is 1. The predicted molar refractivity (Wildman–Crippen MR) is 45.2 cm³/mol. The molecule has 0 atom stereocenters. The van der Waals surface area contributed by atoms with Gasteiger partial charge in [-0.3, -0.25) is 0 Å². The van der Waals surface area contributed by atoms with Crippen LogP contribution in [0.5, 0.6) is 6.01 Å². The Bertz CT molecular complexity index is 371. The van der Waals surface area contributed by atoms with Crippen LogP contribution in [0.3, 0.4) is 0 Å². The van der Waals surface area contributed by atoms with Gasteiger partial charge in [0, 0.05) is 5.69 Å². The van der Waals surface area contributed by atoms with Gasteiger partial charge < -0.3 is 9.84 Å². The first-order chi connectivity index (χ1) is 6.99. The fourth-order valence-electron chi connectivity index (χ4n) is 0.853. The molecule has 1 rings (SSSR count).